The third-order valence-corrected chi connectivity index (χ3v) is 8.42. The second-order valence-electron chi connectivity index (χ2n) is 11.4. The zero-order chi connectivity index (χ0) is 30.8. The van der Waals surface area contributed by atoms with E-state index in [1.165, 1.54) is 0 Å². The van der Waals surface area contributed by atoms with Crippen LogP contribution in [0.1, 0.15) is 11.4 Å². The van der Waals surface area contributed by atoms with Crippen molar-refractivity contribution in [2.24, 2.45) is 0 Å². The summed E-state index contributed by atoms with van der Waals surface area (Å²) >= 11 is 0. The Bertz CT molecular complexity index is 2560. The van der Waals surface area contributed by atoms with Gasteiger partial charge in [-0.15, -0.1) is 35.7 Å². The summed E-state index contributed by atoms with van der Waals surface area (Å²) < 4.78 is 12.6. The first-order valence-corrected chi connectivity index (χ1v) is 15.1. The summed E-state index contributed by atoms with van der Waals surface area (Å²) in [6.45, 7) is 4.01. The number of pyridine rings is 2. The van der Waals surface area contributed by atoms with Gasteiger partial charge in [0.2, 0.25) is 0 Å². The molecule has 0 saturated carbocycles. The van der Waals surface area contributed by atoms with Crippen molar-refractivity contribution in [3.63, 3.8) is 0 Å². The van der Waals surface area contributed by atoms with Gasteiger partial charge in [0, 0.05) is 51.9 Å². The van der Waals surface area contributed by atoms with Crippen LogP contribution in [0, 0.1) is 26.0 Å². The molecule has 0 unspecified atom stereocenters. The molecule has 0 saturated heterocycles. The summed E-state index contributed by atoms with van der Waals surface area (Å²) in [6, 6.07) is 43.9. The Kier molecular flexibility index (Phi) is 7.00. The zero-order valence-corrected chi connectivity index (χ0v) is 27.7. The molecule has 0 atom stereocenters. The Balaban J connectivity index is 0.00000324. The van der Waals surface area contributed by atoms with E-state index in [0.717, 1.165) is 72.3 Å². The van der Waals surface area contributed by atoms with Crippen LogP contribution in [0.4, 0.5) is 0 Å². The number of hydrogen-bond acceptors (Lipinski definition) is 4. The van der Waals surface area contributed by atoms with Crippen LogP contribution in [0.3, 0.4) is 0 Å². The van der Waals surface area contributed by atoms with Crippen LogP contribution in [-0.2, 0) is 21.1 Å². The first-order valence-electron chi connectivity index (χ1n) is 15.1. The smallest absolute Gasteiger partial charge is 0.509 e. The Morgan fingerprint density at radius 1 is 0.617 bits per heavy atom. The van der Waals surface area contributed by atoms with Crippen molar-refractivity contribution in [3.8, 4) is 28.7 Å². The first-order chi connectivity index (χ1) is 22.6. The third kappa shape index (κ3) is 4.74. The predicted molar refractivity (Wildman–Crippen MR) is 181 cm³/mol. The maximum absolute atomic E-state index is 6.36. The summed E-state index contributed by atoms with van der Waals surface area (Å²) in [4.78, 5) is 9.65. The van der Waals surface area contributed by atoms with E-state index in [0.29, 0.717) is 11.5 Å². The molecule has 0 aliphatic heterocycles. The fourth-order valence-corrected chi connectivity index (χ4v) is 6.51. The number of aryl methyl sites for hydroxylation is 2. The molecule has 5 aromatic heterocycles. The number of fused-ring (bicyclic) bond motifs is 6. The largest absolute Gasteiger partial charge is 4.00 e. The third-order valence-electron chi connectivity index (χ3n) is 8.42. The Hall–Kier alpha value is -5.52. The maximum atomic E-state index is 6.36. The molecule has 0 aliphatic carbocycles. The fraction of sp³-hybridized carbons (Fsp3) is 0.0513. The maximum Gasteiger partial charge on any atom is 4.00 e. The first kappa shape index (κ1) is 28.9. The molecular formula is C39H26N6OPt+2. The van der Waals surface area contributed by atoms with Crippen molar-refractivity contribution in [2.75, 3.05) is 0 Å². The molecule has 7 nitrogen and oxygen atoms in total. The molecular weight excluding hydrogens is 764 g/mol. The van der Waals surface area contributed by atoms with E-state index in [9.17, 15) is 0 Å². The van der Waals surface area contributed by atoms with E-state index >= 15 is 0 Å². The summed E-state index contributed by atoms with van der Waals surface area (Å²) in [6.07, 6.45) is 3.70. The normalized spacial score (nSPS) is 11.4. The van der Waals surface area contributed by atoms with Gasteiger partial charge >= 0.3 is 21.1 Å². The molecule has 9 rings (SSSR count). The molecule has 5 heterocycles. The Morgan fingerprint density at radius 2 is 1.36 bits per heavy atom. The minimum atomic E-state index is 0. The van der Waals surface area contributed by atoms with Crippen molar-refractivity contribution in [3.05, 3.63) is 145 Å². The van der Waals surface area contributed by atoms with Crippen LogP contribution in [0.15, 0.2) is 122 Å². The van der Waals surface area contributed by atoms with Gasteiger partial charge in [0.05, 0.1) is 16.9 Å². The van der Waals surface area contributed by atoms with Gasteiger partial charge < -0.3 is 9.30 Å². The summed E-state index contributed by atoms with van der Waals surface area (Å²) in [5.74, 6) is 1.94. The number of rotatable bonds is 5. The molecule has 0 aliphatic rings. The molecule has 226 valence electrons. The zero-order valence-electron chi connectivity index (χ0n) is 25.5. The molecule has 8 heteroatoms. The molecule has 0 radical (unpaired) electrons. The van der Waals surface area contributed by atoms with E-state index < -0.39 is 0 Å². The SMILES string of the molecule is Cc1cc(C)n(-c2[c-]c(Oc3[c-]c4c(cc3)c3ccccc3n4-c3cc(-n4c5ccccc5c5cccnc54)ccn3)ccc2)n1.[Pt+4]. The second kappa shape index (κ2) is 11.4. The van der Waals surface area contributed by atoms with Crippen molar-refractivity contribution in [2.45, 2.75) is 13.8 Å². The molecule has 4 aromatic carbocycles. The average Bonchev–Trinajstić information content (AvgIpc) is 3.73. The summed E-state index contributed by atoms with van der Waals surface area (Å²) in [7, 11) is 0. The van der Waals surface area contributed by atoms with Gasteiger partial charge in [0.15, 0.2) is 0 Å². The number of para-hydroxylation sites is 2. The molecule has 47 heavy (non-hydrogen) atoms. The van der Waals surface area contributed by atoms with E-state index in [-0.39, 0.29) is 21.1 Å². The number of ether oxygens (including phenoxy) is 1. The van der Waals surface area contributed by atoms with Gasteiger partial charge in [-0.05, 0) is 61.3 Å². The van der Waals surface area contributed by atoms with Crippen LogP contribution in [-0.4, -0.2) is 28.9 Å². The number of hydrogen-bond donors (Lipinski definition) is 0. The van der Waals surface area contributed by atoms with Crippen molar-refractivity contribution in [1.82, 2.24) is 28.9 Å². The van der Waals surface area contributed by atoms with Crippen LogP contribution < -0.4 is 4.74 Å². The van der Waals surface area contributed by atoms with E-state index in [4.69, 9.17) is 14.7 Å². The summed E-state index contributed by atoms with van der Waals surface area (Å²) in [5.41, 5.74) is 7.70. The van der Waals surface area contributed by atoms with Crippen molar-refractivity contribution < 1.29 is 25.8 Å². The van der Waals surface area contributed by atoms with Crippen molar-refractivity contribution in [1.29, 1.82) is 0 Å². The van der Waals surface area contributed by atoms with Crippen LogP contribution >= 0.6 is 0 Å². The van der Waals surface area contributed by atoms with Crippen LogP contribution in [0.5, 0.6) is 11.5 Å². The van der Waals surface area contributed by atoms with Gasteiger partial charge in [-0.3, -0.25) is 9.25 Å². The van der Waals surface area contributed by atoms with Crippen molar-refractivity contribution >= 4 is 43.7 Å². The quantitative estimate of drug-likeness (QED) is 0.164. The van der Waals surface area contributed by atoms with E-state index in [1.807, 2.05) is 73.4 Å². The Labute approximate surface area is 285 Å². The standard InChI is InChI=1S/C39H26N6O.Pt/c1-25-21-26(2)45(42-25)28-9-7-10-29(22-28)46-30-16-17-33-31-11-3-6-15-36(31)44(37(33)24-30)38-23-27(18-20-40-38)43-35-14-5-4-12-32(35)34-13-8-19-41-39(34)43;/h3-21,23H,1-2H3;/q-2;+4. The molecule has 0 spiro atoms. The molecule has 0 N–H and O–H groups in total. The summed E-state index contributed by atoms with van der Waals surface area (Å²) in [5, 5.41) is 9.06. The molecule has 0 fully saturated rings. The van der Waals surface area contributed by atoms with Crippen LogP contribution in [0.25, 0.3) is 60.9 Å². The predicted octanol–water partition coefficient (Wildman–Crippen LogP) is 8.86. The minimum Gasteiger partial charge on any atom is -0.509 e. The van der Waals surface area contributed by atoms with Crippen LogP contribution in [0.2, 0.25) is 0 Å². The van der Waals surface area contributed by atoms with Gasteiger partial charge in [-0.25, -0.2) is 9.97 Å². The molecule has 0 bridgehead atoms. The number of aromatic nitrogens is 6. The molecule has 9 aromatic rings. The topological polar surface area (TPSA) is 62.7 Å². The van der Waals surface area contributed by atoms with Gasteiger partial charge in [-0.2, -0.15) is 17.2 Å². The Morgan fingerprint density at radius 3 is 2.17 bits per heavy atom. The van der Waals surface area contributed by atoms with Gasteiger partial charge in [0.25, 0.3) is 0 Å². The van der Waals surface area contributed by atoms with E-state index in [1.54, 1.807) is 0 Å². The monoisotopic (exact) mass is 789 g/mol. The number of benzene rings is 4. The fourth-order valence-electron chi connectivity index (χ4n) is 6.51. The average molecular weight is 790 g/mol. The molecule has 0 amide bonds. The number of nitrogens with zero attached hydrogens (tertiary/aromatic N) is 6. The second-order valence-corrected chi connectivity index (χ2v) is 11.4. The van der Waals surface area contributed by atoms with Gasteiger partial charge in [-0.1, -0.05) is 41.9 Å². The minimum absolute atomic E-state index is 0. The van der Waals surface area contributed by atoms with Gasteiger partial charge in [0.1, 0.15) is 11.5 Å². The van der Waals surface area contributed by atoms with E-state index in [2.05, 4.69) is 93.1 Å².